The molecule has 18 heavy (non-hydrogen) atoms. The Hall–Kier alpha value is -2.07. The molecule has 0 amide bonds. The SMILES string of the molecule is CCc1ccc(-c2ccc(C#N)c(C)c2)c(C)c1. The van der Waals surface area contributed by atoms with E-state index in [1.54, 1.807) is 0 Å². The van der Waals surface area contributed by atoms with Gasteiger partial charge in [-0.1, -0.05) is 37.3 Å². The molecule has 0 radical (unpaired) electrons. The third-order valence-corrected chi connectivity index (χ3v) is 3.36. The normalized spacial score (nSPS) is 10.1. The highest BCUT2D eigenvalue weighted by Gasteiger charge is 2.05. The number of nitrogens with zero attached hydrogens (tertiary/aromatic N) is 1. The van der Waals surface area contributed by atoms with E-state index in [9.17, 15) is 0 Å². The Morgan fingerprint density at radius 2 is 1.78 bits per heavy atom. The largest absolute Gasteiger partial charge is 0.192 e. The summed E-state index contributed by atoms with van der Waals surface area (Å²) in [6.45, 7) is 6.29. The van der Waals surface area contributed by atoms with Crippen LogP contribution in [0.5, 0.6) is 0 Å². The van der Waals surface area contributed by atoms with Gasteiger partial charge in [-0.05, 0) is 54.2 Å². The van der Waals surface area contributed by atoms with Crippen LogP contribution in [0, 0.1) is 25.2 Å². The van der Waals surface area contributed by atoms with E-state index in [2.05, 4.69) is 44.2 Å². The van der Waals surface area contributed by atoms with Crippen LogP contribution in [-0.2, 0) is 6.42 Å². The topological polar surface area (TPSA) is 23.8 Å². The summed E-state index contributed by atoms with van der Waals surface area (Å²) in [6, 6.07) is 14.8. The zero-order chi connectivity index (χ0) is 13.1. The predicted octanol–water partition coefficient (Wildman–Crippen LogP) is 4.40. The fourth-order valence-corrected chi connectivity index (χ4v) is 2.23. The Morgan fingerprint density at radius 1 is 1.00 bits per heavy atom. The molecule has 2 aromatic carbocycles. The zero-order valence-corrected chi connectivity index (χ0v) is 11.1. The van der Waals surface area contributed by atoms with E-state index in [0.29, 0.717) is 0 Å². The summed E-state index contributed by atoms with van der Waals surface area (Å²) >= 11 is 0. The molecule has 0 aliphatic heterocycles. The summed E-state index contributed by atoms with van der Waals surface area (Å²) in [5.74, 6) is 0. The highest BCUT2D eigenvalue weighted by Crippen LogP contribution is 2.26. The van der Waals surface area contributed by atoms with Crippen molar-refractivity contribution in [3.05, 3.63) is 58.7 Å². The van der Waals surface area contributed by atoms with Gasteiger partial charge in [-0.25, -0.2) is 0 Å². The van der Waals surface area contributed by atoms with Gasteiger partial charge >= 0.3 is 0 Å². The lowest BCUT2D eigenvalue weighted by molar-refractivity contribution is 1.13. The molecule has 0 N–H and O–H groups in total. The van der Waals surface area contributed by atoms with Crippen LogP contribution < -0.4 is 0 Å². The average Bonchev–Trinajstić information content (AvgIpc) is 2.38. The van der Waals surface area contributed by atoms with E-state index in [1.165, 1.54) is 22.3 Å². The van der Waals surface area contributed by atoms with Crippen LogP contribution >= 0.6 is 0 Å². The Bertz CT molecular complexity index is 618. The van der Waals surface area contributed by atoms with Gasteiger partial charge in [0, 0.05) is 0 Å². The summed E-state index contributed by atoms with van der Waals surface area (Å²) in [6.07, 6.45) is 1.06. The summed E-state index contributed by atoms with van der Waals surface area (Å²) in [7, 11) is 0. The first-order valence-electron chi connectivity index (χ1n) is 6.26. The van der Waals surface area contributed by atoms with Crippen LogP contribution in [0.25, 0.3) is 11.1 Å². The predicted molar refractivity (Wildman–Crippen MR) is 75.4 cm³/mol. The molecule has 0 bridgehead atoms. The van der Waals surface area contributed by atoms with E-state index in [-0.39, 0.29) is 0 Å². The Labute approximate surface area is 109 Å². The third-order valence-electron chi connectivity index (χ3n) is 3.36. The van der Waals surface area contributed by atoms with Crippen LogP contribution in [0.1, 0.15) is 29.2 Å². The first kappa shape index (κ1) is 12.4. The van der Waals surface area contributed by atoms with Crippen LogP contribution in [0.4, 0.5) is 0 Å². The van der Waals surface area contributed by atoms with Crippen molar-refractivity contribution in [2.24, 2.45) is 0 Å². The minimum atomic E-state index is 0.751. The van der Waals surface area contributed by atoms with Crippen LogP contribution in [0.3, 0.4) is 0 Å². The number of hydrogen-bond acceptors (Lipinski definition) is 1. The van der Waals surface area contributed by atoms with Gasteiger partial charge in [0.25, 0.3) is 0 Å². The van der Waals surface area contributed by atoms with E-state index < -0.39 is 0 Å². The molecule has 0 spiro atoms. The number of benzene rings is 2. The molecule has 2 aromatic rings. The standard InChI is InChI=1S/C17H17N/c1-4-14-5-8-17(13(3)9-14)15-6-7-16(11-18)12(2)10-15/h5-10H,4H2,1-3H3. The molecule has 2 rings (SSSR count). The number of nitriles is 1. The average molecular weight is 235 g/mol. The smallest absolute Gasteiger partial charge is 0.0994 e. The maximum atomic E-state index is 8.95. The quantitative estimate of drug-likeness (QED) is 0.756. The third kappa shape index (κ3) is 2.28. The first-order chi connectivity index (χ1) is 8.65. The molecule has 0 aliphatic rings. The van der Waals surface area contributed by atoms with Crippen molar-refractivity contribution >= 4 is 0 Å². The second-order valence-corrected chi connectivity index (χ2v) is 4.64. The lowest BCUT2D eigenvalue weighted by Crippen LogP contribution is -1.89. The van der Waals surface area contributed by atoms with Crippen molar-refractivity contribution < 1.29 is 0 Å². The first-order valence-corrected chi connectivity index (χ1v) is 6.26. The number of hydrogen-bond donors (Lipinski definition) is 0. The number of rotatable bonds is 2. The summed E-state index contributed by atoms with van der Waals surface area (Å²) in [5.41, 5.74) is 6.88. The van der Waals surface area contributed by atoms with E-state index in [4.69, 9.17) is 5.26 Å². The molecular weight excluding hydrogens is 218 g/mol. The molecule has 0 heterocycles. The molecule has 0 saturated carbocycles. The van der Waals surface area contributed by atoms with Gasteiger partial charge in [-0.3, -0.25) is 0 Å². The highest BCUT2D eigenvalue weighted by molar-refractivity contribution is 5.69. The summed E-state index contributed by atoms with van der Waals surface area (Å²) < 4.78 is 0. The van der Waals surface area contributed by atoms with Gasteiger partial charge < -0.3 is 0 Å². The van der Waals surface area contributed by atoms with E-state index in [0.717, 1.165) is 17.5 Å². The molecular formula is C17H17N. The van der Waals surface area contributed by atoms with Crippen molar-refractivity contribution in [3.63, 3.8) is 0 Å². The van der Waals surface area contributed by atoms with Gasteiger partial charge in [-0.2, -0.15) is 5.26 Å². The minimum Gasteiger partial charge on any atom is -0.192 e. The molecule has 1 nitrogen and oxygen atoms in total. The lowest BCUT2D eigenvalue weighted by atomic mass is 9.95. The molecule has 0 fully saturated rings. The van der Waals surface area contributed by atoms with Crippen LogP contribution in [0.2, 0.25) is 0 Å². The fraction of sp³-hybridized carbons (Fsp3) is 0.235. The Kier molecular flexibility index (Phi) is 3.48. The van der Waals surface area contributed by atoms with Crippen molar-refractivity contribution in [1.29, 1.82) is 5.26 Å². The van der Waals surface area contributed by atoms with Crippen LogP contribution in [0.15, 0.2) is 36.4 Å². The van der Waals surface area contributed by atoms with Gasteiger partial charge in [0.15, 0.2) is 0 Å². The Balaban J connectivity index is 2.49. The van der Waals surface area contributed by atoms with Crippen molar-refractivity contribution in [1.82, 2.24) is 0 Å². The molecule has 0 atom stereocenters. The molecule has 0 aromatic heterocycles. The highest BCUT2D eigenvalue weighted by atomic mass is 14.2. The van der Waals surface area contributed by atoms with Crippen LogP contribution in [-0.4, -0.2) is 0 Å². The van der Waals surface area contributed by atoms with Crippen molar-refractivity contribution in [2.75, 3.05) is 0 Å². The van der Waals surface area contributed by atoms with E-state index >= 15 is 0 Å². The Morgan fingerprint density at radius 3 is 2.33 bits per heavy atom. The summed E-state index contributed by atoms with van der Waals surface area (Å²) in [4.78, 5) is 0. The fourth-order valence-electron chi connectivity index (χ4n) is 2.23. The molecule has 90 valence electrons. The second kappa shape index (κ2) is 5.06. The van der Waals surface area contributed by atoms with Gasteiger partial charge in [-0.15, -0.1) is 0 Å². The number of aryl methyl sites for hydroxylation is 3. The van der Waals surface area contributed by atoms with Gasteiger partial charge in [0.2, 0.25) is 0 Å². The molecule has 1 heteroatoms. The maximum Gasteiger partial charge on any atom is 0.0994 e. The second-order valence-electron chi connectivity index (χ2n) is 4.64. The summed E-state index contributed by atoms with van der Waals surface area (Å²) in [5, 5.41) is 8.95. The van der Waals surface area contributed by atoms with Gasteiger partial charge in [0.05, 0.1) is 11.6 Å². The maximum absolute atomic E-state index is 8.95. The van der Waals surface area contributed by atoms with Crippen molar-refractivity contribution in [2.45, 2.75) is 27.2 Å². The molecule has 0 saturated heterocycles. The van der Waals surface area contributed by atoms with Gasteiger partial charge in [0.1, 0.15) is 0 Å². The van der Waals surface area contributed by atoms with Crippen molar-refractivity contribution in [3.8, 4) is 17.2 Å². The monoisotopic (exact) mass is 235 g/mol. The molecule has 0 aliphatic carbocycles. The molecule has 0 unspecified atom stereocenters. The lowest BCUT2D eigenvalue weighted by Gasteiger charge is -2.09. The van der Waals surface area contributed by atoms with E-state index in [1.807, 2.05) is 19.1 Å². The minimum absolute atomic E-state index is 0.751. The zero-order valence-electron chi connectivity index (χ0n) is 11.1.